The highest BCUT2D eigenvalue weighted by Crippen LogP contribution is 2.29. The minimum atomic E-state index is -0.567. The summed E-state index contributed by atoms with van der Waals surface area (Å²) in [4.78, 5) is 21.9. The summed E-state index contributed by atoms with van der Waals surface area (Å²) in [6.07, 6.45) is 1.24. The molecule has 0 heterocycles. The molecule has 0 aliphatic heterocycles. The number of carbonyl (C=O) groups excluding carboxylic acids is 1. The fourth-order valence-electron chi connectivity index (χ4n) is 1.99. The quantitative estimate of drug-likeness (QED) is 0.371. The largest absolute Gasteiger partial charge is 0.508 e. The molecule has 0 unspecified atom stereocenters. The predicted octanol–water partition coefficient (Wildman–Crippen LogP) is 2.61. The Kier molecular flexibility index (Phi) is 6.12. The second kappa shape index (κ2) is 8.30. The van der Waals surface area contributed by atoms with E-state index in [1.54, 1.807) is 6.92 Å². The van der Waals surface area contributed by atoms with Crippen molar-refractivity contribution >= 4 is 33.7 Å². The Bertz CT molecular complexity index is 861. The van der Waals surface area contributed by atoms with E-state index in [9.17, 15) is 25.1 Å². The average molecular weight is 424 g/mol. The van der Waals surface area contributed by atoms with E-state index in [1.807, 2.05) is 0 Å². The molecule has 26 heavy (non-hydrogen) atoms. The monoisotopic (exact) mass is 423 g/mol. The number of halogens is 1. The number of benzene rings is 2. The molecule has 1 amide bonds. The number of nitro groups is 1. The van der Waals surface area contributed by atoms with E-state index in [-0.39, 0.29) is 29.5 Å². The van der Waals surface area contributed by atoms with Crippen LogP contribution in [-0.4, -0.2) is 33.9 Å². The van der Waals surface area contributed by atoms with Crippen LogP contribution in [0.2, 0.25) is 0 Å². The zero-order valence-electron chi connectivity index (χ0n) is 13.5. The SMILES string of the molecule is Cc1cc(O)cc(O)c1/C=N\NC(=O)COc1ccc([N+](=O)[O-])cc1Br. The Hall–Kier alpha value is -3.14. The van der Waals surface area contributed by atoms with Gasteiger partial charge in [-0.1, -0.05) is 0 Å². The molecule has 0 atom stereocenters. The number of hydrazone groups is 1. The first-order valence-corrected chi connectivity index (χ1v) is 7.98. The lowest BCUT2D eigenvalue weighted by molar-refractivity contribution is -0.384. The first-order valence-electron chi connectivity index (χ1n) is 7.19. The summed E-state index contributed by atoms with van der Waals surface area (Å²) in [7, 11) is 0. The standard InChI is InChI=1S/C16H14BrN3O6/c1-9-4-11(21)6-14(22)12(9)7-18-19-16(23)8-26-15-3-2-10(20(24)25)5-13(15)17/h2-7,21-22H,8H2,1H3,(H,19,23)/b18-7-. The predicted molar refractivity (Wildman–Crippen MR) is 96.5 cm³/mol. The zero-order chi connectivity index (χ0) is 19.3. The molecule has 0 bridgehead atoms. The molecular weight excluding hydrogens is 410 g/mol. The summed E-state index contributed by atoms with van der Waals surface area (Å²) in [5.74, 6) is -0.556. The van der Waals surface area contributed by atoms with Gasteiger partial charge in [0.1, 0.15) is 17.2 Å². The van der Waals surface area contributed by atoms with Crippen LogP contribution in [0.1, 0.15) is 11.1 Å². The molecule has 136 valence electrons. The topological polar surface area (TPSA) is 134 Å². The zero-order valence-corrected chi connectivity index (χ0v) is 15.1. The summed E-state index contributed by atoms with van der Waals surface area (Å²) >= 11 is 3.13. The Morgan fingerprint density at radius 3 is 2.73 bits per heavy atom. The van der Waals surface area contributed by atoms with Crippen molar-refractivity contribution in [3.63, 3.8) is 0 Å². The molecule has 0 aromatic heterocycles. The van der Waals surface area contributed by atoms with Gasteiger partial charge in [-0.05, 0) is 40.5 Å². The maximum atomic E-state index is 11.7. The number of aryl methyl sites for hydroxylation is 1. The van der Waals surface area contributed by atoms with Crippen molar-refractivity contribution in [2.75, 3.05) is 6.61 Å². The van der Waals surface area contributed by atoms with Gasteiger partial charge in [0, 0.05) is 23.8 Å². The smallest absolute Gasteiger partial charge is 0.277 e. The Morgan fingerprint density at radius 2 is 2.12 bits per heavy atom. The van der Waals surface area contributed by atoms with Crippen LogP contribution in [0.4, 0.5) is 5.69 Å². The molecule has 0 saturated heterocycles. The fraction of sp³-hybridized carbons (Fsp3) is 0.125. The van der Waals surface area contributed by atoms with Crippen LogP contribution in [-0.2, 0) is 4.79 Å². The van der Waals surface area contributed by atoms with Gasteiger partial charge in [-0.25, -0.2) is 5.43 Å². The number of ether oxygens (including phenoxy) is 1. The van der Waals surface area contributed by atoms with Gasteiger partial charge in [0.15, 0.2) is 6.61 Å². The number of aromatic hydroxyl groups is 2. The normalized spacial score (nSPS) is 10.7. The highest BCUT2D eigenvalue weighted by atomic mass is 79.9. The first-order chi connectivity index (χ1) is 12.3. The lowest BCUT2D eigenvalue weighted by Crippen LogP contribution is -2.24. The molecule has 2 rings (SSSR count). The van der Waals surface area contributed by atoms with E-state index >= 15 is 0 Å². The van der Waals surface area contributed by atoms with Crippen LogP contribution in [0.5, 0.6) is 17.2 Å². The van der Waals surface area contributed by atoms with E-state index in [4.69, 9.17) is 4.74 Å². The van der Waals surface area contributed by atoms with E-state index < -0.39 is 10.8 Å². The van der Waals surface area contributed by atoms with E-state index in [1.165, 1.54) is 30.5 Å². The van der Waals surface area contributed by atoms with Crippen LogP contribution in [0, 0.1) is 17.0 Å². The lowest BCUT2D eigenvalue weighted by Gasteiger charge is -2.07. The van der Waals surface area contributed by atoms with Crippen LogP contribution in [0.3, 0.4) is 0 Å². The van der Waals surface area contributed by atoms with Crippen molar-refractivity contribution in [1.29, 1.82) is 0 Å². The minimum Gasteiger partial charge on any atom is -0.508 e. The van der Waals surface area contributed by atoms with Crippen LogP contribution >= 0.6 is 15.9 Å². The Labute approximate surface area is 156 Å². The maximum absolute atomic E-state index is 11.7. The third-order valence-corrected chi connectivity index (χ3v) is 3.84. The van der Waals surface area contributed by atoms with Crippen molar-refractivity contribution in [3.05, 3.63) is 56.0 Å². The molecule has 10 heteroatoms. The number of rotatable bonds is 6. The molecule has 9 nitrogen and oxygen atoms in total. The molecule has 0 fully saturated rings. The number of nitrogens with zero attached hydrogens (tertiary/aromatic N) is 2. The highest BCUT2D eigenvalue weighted by molar-refractivity contribution is 9.10. The number of hydrogen-bond donors (Lipinski definition) is 3. The van der Waals surface area contributed by atoms with E-state index in [0.717, 1.165) is 6.07 Å². The molecular formula is C16H14BrN3O6. The summed E-state index contributed by atoms with van der Waals surface area (Å²) in [6, 6.07) is 6.49. The number of non-ortho nitro benzene ring substituents is 1. The third-order valence-electron chi connectivity index (χ3n) is 3.22. The average Bonchev–Trinajstić information content (AvgIpc) is 2.55. The van der Waals surface area contributed by atoms with Gasteiger partial charge in [-0.3, -0.25) is 14.9 Å². The van der Waals surface area contributed by atoms with Crippen LogP contribution in [0.25, 0.3) is 0 Å². The molecule has 3 N–H and O–H groups in total. The van der Waals surface area contributed by atoms with Gasteiger partial charge in [0.25, 0.3) is 11.6 Å². The van der Waals surface area contributed by atoms with Gasteiger partial charge < -0.3 is 14.9 Å². The number of amides is 1. The van der Waals surface area contributed by atoms with Crippen molar-refractivity contribution in [2.24, 2.45) is 5.10 Å². The third kappa shape index (κ3) is 4.93. The number of hydrogen-bond acceptors (Lipinski definition) is 7. The minimum absolute atomic E-state index is 0.0803. The molecule has 0 spiro atoms. The molecule has 0 radical (unpaired) electrons. The maximum Gasteiger partial charge on any atom is 0.277 e. The molecule has 0 saturated carbocycles. The van der Waals surface area contributed by atoms with Crippen LogP contribution < -0.4 is 10.2 Å². The molecule has 2 aromatic rings. The van der Waals surface area contributed by atoms with Crippen molar-refractivity contribution in [1.82, 2.24) is 5.43 Å². The number of nitro benzene ring substituents is 1. The number of nitrogens with one attached hydrogen (secondary N) is 1. The lowest BCUT2D eigenvalue weighted by atomic mass is 10.1. The second-order valence-electron chi connectivity index (χ2n) is 5.15. The summed E-state index contributed by atoms with van der Waals surface area (Å²) in [5.41, 5.74) is 3.04. The first kappa shape index (κ1) is 19.2. The van der Waals surface area contributed by atoms with Gasteiger partial charge in [-0.2, -0.15) is 5.10 Å². The summed E-state index contributed by atoms with van der Waals surface area (Å²) < 4.78 is 5.60. The van der Waals surface area contributed by atoms with Crippen molar-refractivity contribution in [2.45, 2.75) is 6.92 Å². The highest BCUT2D eigenvalue weighted by Gasteiger charge is 2.11. The van der Waals surface area contributed by atoms with E-state index in [0.29, 0.717) is 15.6 Å². The molecule has 0 aliphatic rings. The number of phenolic OH excluding ortho intramolecular Hbond substituents is 2. The summed E-state index contributed by atoms with van der Waals surface area (Å²) in [5, 5.41) is 33.5. The van der Waals surface area contributed by atoms with Gasteiger partial charge in [-0.15, -0.1) is 0 Å². The number of carbonyl (C=O) groups is 1. The second-order valence-corrected chi connectivity index (χ2v) is 6.00. The molecule has 2 aromatic carbocycles. The van der Waals surface area contributed by atoms with Gasteiger partial charge >= 0.3 is 0 Å². The Balaban J connectivity index is 1.93. The Morgan fingerprint density at radius 1 is 1.38 bits per heavy atom. The van der Waals surface area contributed by atoms with Gasteiger partial charge in [0.05, 0.1) is 15.6 Å². The van der Waals surface area contributed by atoms with Crippen molar-refractivity contribution < 1.29 is 24.7 Å². The van der Waals surface area contributed by atoms with Crippen LogP contribution in [0.15, 0.2) is 39.9 Å². The molecule has 0 aliphatic carbocycles. The van der Waals surface area contributed by atoms with Crippen molar-refractivity contribution in [3.8, 4) is 17.2 Å². The number of phenols is 2. The van der Waals surface area contributed by atoms with E-state index in [2.05, 4.69) is 26.5 Å². The van der Waals surface area contributed by atoms with Gasteiger partial charge in [0.2, 0.25) is 0 Å². The summed E-state index contributed by atoms with van der Waals surface area (Å²) in [6.45, 7) is 1.30. The fourth-order valence-corrected chi connectivity index (χ4v) is 2.47.